The summed E-state index contributed by atoms with van der Waals surface area (Å²) in [7, 11) is 1.67. The van der Waals surface area contributed by atoms with E-state index in [1.165, 1.54) is 0 Å². The van der Waals surface area contributed by atoms with Crippen LogP contribution in [0.25, 0.3) is 50.4 Å². The third-order valence-electron chi connectivity index (χ3n) is 7.69. The number of pyridine rings is 1. The number of rotatable bonds is 4. The second-order valence-electron chi connectivity index (χ2n) is 10.6. The summed E-state index contributed by atoms with van der Waals surface area (Å²) in [4.78, 5) is 23.2. The Kier molecular flexibility index (Phi) is 6.94. The molecule has 5 aromatic carbocycles. The maximum atomic E-state index is 13.9. The summed E-state index contributed by atoms with van der Waals surface area (Å²) in [6.07, 6.45) is 5.66. The summed E-state index contributed by atoms with van der Waals surface area (Å²) in [5.74, 6) is 7.96. The molecule has 0 aliphatic carbocycles. The van der Waals surface area contributed by atoms with Crippen molar-refractivity contribution in [2.45, 2.75) is 6.92 Å². The van der Waals surface area contributed by atoms with Crippen LogP contribution in [0.15, 0.2) is 120 Å². The van der Waals surface area contributed by atoms with E-state index in [2.05, 4.69) is 35.0 Å². The topological polar surface area (TPSA) is 57.0 Å². The first kappa shape index (κ1) is 26.9. The van der Waals surface area contributed by atoms with Crippen LogP contribution < -0.4 is 10.3 Å². The van der Waals surface area contributed by atoms with Crippen LogP contribution >= 0.6 is 0 Å². The van der Waals surface area contributed by atoms with Crippen LogP contribution in [-0.2, 0) is 0 Å². The fourth-order valence-corrected chi connectivity index (χ4v) is 5.42. The van der Waals surface area contributed by atoms with E-state index >= 15 is 0 Å². The predicted molar refractivity (Wildman–Crippen MR) is 179 cm³/mol. The first-order valence-corrected chi connectivity index (χ1v) is 14.3. The summed E-state index contributed by atoms with van der Waals surface area (Å²) >= 11 is 0. The Bertz CT molecular complexity index is 2370. The molecule has 0 unspecified atom stereocenters. The summed E-state index contributed by atoms with van der Waals surface area (Å²) < 4.78 is 7.02. The molecule has 7 rings (SSSR count). The average molecular weight is 570 g/mol. The summed E-state index contributed by atoms with van der Waals surface area (Å²) in [5, 5.41) is 3.83. The first-order chi connectivity index (χ1) is 21.6. The normalized spacial score (nSPS) is 11.2. The Morgan fingerprint density at radius 2 is 1.52 bits per heavy atom. The van der Waals surface area contributed by atoms with Crippen molar-refractivity contribution in [1.82, 2.24) is 14.5 Å². The van der Waals surface area contributed by atoms with Gasteiger partial charge < -0.3 is 4.74 Å². The van der Waals surface area contributed by atoms with E-state index in [-0.39, 0.29) is 5.56 Å². The number of methoxy groups -OCH3 is 1. The van der Waals surface area contributed by atoms with Crippen LogP contribution in [-0.4, -0.2) is 21.6 Å². The number of hydrogen-bond donors (Lipinski definition) is 0. The molecule has 5 heteroatoms. The Balaban J connectivity index is 1.26. The van der Waals surface area contributed by atoms with Crippen LogP contribution in [0.4, 0.5) is 0 Å². The lowest BCUT2D eigenvalue weighted by Gasteiger charge is -2.14. The standard InChI is InChI=1S/C39H27N3O2/c1-26-22-27(9-10-28-11-15-31-25-33(44-2)17-16-30(31)23-28)13-19-37(26)42-38(41-36-8-4-3-7-34(36)39(42)43)20-14-29-12-18-35-32(24-29)6-5-21-40-35/h3-8,11-25H,1-2H3/b20-14+. The Morgan fingerprint density at radius 1 is 0.727 bits per heavy atom. The van der Waals surface area contributed by atoms with Crippen molar-refractivity contribution in [3.8, 4) is 23.3 Å². The predicted octanol–water partition coefficient (Wildman–Crippen LogP) is 7.97. The minimum atomic E-state index is -0.118. The highest BCUT2D eigenvalue weighted by molar-refractivity contribution is 5.86. The molecule has 0 spiro atoms. The third-order valence-corrected chi connectivity index (χ3v) is 7.69. The average Bonchev–Trinajstić information content (AvgIpc) is 3.06. The van der Waals surface area contributed by atoms with Crippen LogP contribution in [0.5, 0.6) is 5.75 Å². The fraction of sp³-hybridized carbons (Fsp3) is 0.0513. The molecule has 210 valence electrons. The van der Waals surface area contributed by atoms with E-state index < -0.39 is 0 Å². The number of para-hydroxylation sites is 1. The van der Waals surface area contributed by atoms with Gasteiger partial charge in [-0.15, -0.1) is 0 Å². The van der Waals surface area contributed by atoms with Crippen molar-refractivity contribution in [3.05, 3.63) is 154 Å². The minimum Gasteiger partial charge on any atom is -0.497 e. The summed E-state index contributed by atoms with van der Waals surface area (Å²) in [6, 6.07) is 35.6. The van der Waals surface area contributed by atoms with Gasteiger partial charge in [-0.25, -0.2) is 4.98 Å². The molecular weight excluding hydrogens is 542 g/mol. The molecule has 2 heterocycles. The monoisotopic (exact) mass is 569 g/mol. The summed E-state index contributed by atoms with van der Waals surface area (Å²) in [5.41, 5.74) is 5.95. The molecule has 0 fully saturated rings. The Morgan fingerprint density at radius 3 is 2.39 bits per heavy atom. The van der Waals surface area contributed by atoms with Gasteiger partial charge in [0.05, 0.1) is 29.2 Å². The van der Waals surface area contributed by atoms with Crippen LogP contribution in [0.2, 0.25) is 0 Å². The zero-order valence-electron chi connectivity index (χ0n) is 24.3. The van der Waals surface area contributed by atoms with Crippen molar-refractivity contribution in [2.75, 3.05) is 7.11 Å². The van der Waals surface area contributed by atoms with Crippen molar-refractivity contribution in [3.63, 3.8) is 0 Å². The molecule has 0 radical (unpaired) electrons. The second kappa shape index (κ2) is 11.4. The smallest absolute Gasteiger partial charge is 0.266 e. The maximum absolute atomic E-state index is 13.9. The lowest BCUT2D eigenvalue weighted by molar-refractivity contribution is 0.415. The molecule has 44 heavy (non-hydrogen) atoms. The number of fused-ring (bicyclic) bond motifs is 3. The fourth-order valence-electron chi connectivity index (χ4n) is 5.42. The molecule has 0 atom stereocenters. The van der Waals surface area contributed by atoms with E-state index in [9.17, 15) is 4.79 Å². The molecule has 0 aliphatic heterocycles. The Labute approximate surface area is 254 Å². The third kappa shape index (κ3) is 5.21. The number of hydrogen-bond acceptors (Lipinski definition) is 4. The van der Waals surface area contributed by atoms with E-state index in [1.54, 1.807) is 17.9 Å². The second-order valence-corrected chi connectivity index (χ2v) is 10.6. The lowest BCUT2D eigenvalue weighted by atomic mass is 10.1. The highest BCUT2D eigenvalue weighted by atomic mass is 16.5. The van der Waals surface area contributed by atoms with E-state index in [0.717, 1.165) is 55.4 Å². The highest BCUT2D eigenvalue weighted by Gasteiger charge is 2.13. The molecule has 5 nitrogen and oxygen atoms in total. The van der Waals surface area contributed by atoms with Gasteiger partial charge in [-0.3, -0.25) is 14.3 Å². The van der Waals surface area contributed by atoms with E-state index in [4.69, 9.17) is 9.72 Å². The SMILES string of the molecule is COc1ccc2cc(C#Cc3ccc(-n4c(/C=C/c5ccc6ncccc6c5)nc5ccccc5c4=O)c(C)c3)ccc2c1. The molecule has 0 bridgehead atoms. The molecule has 0 saturated carbocycles. The van der Waals surface area contributed by atoms with E-state index in [1.807, 2.05) is 110 Å². The van der Waals surface area contributed by atoms with Crippen LogP contribution in [0.3, 0.4) is 0 Å². The Hall–Kier alpha value is -5.99. The van der Waals surface area contributed by atoms with E-state index in [0.29, 0.717) is 16.7 Å². The zero-order valence-corrected chi connectivity index (χ0v) is 24.3. The highest BCUT2D eigenvalue weighted by Crippen LogP contribution is 2.23. The number of benzene rings is 5. The quantitative estimate of drug-likeness (QED) is 0.202. The minimum absolute atomic E-state index is 0.118. The molecule has 0 saturated heterocycles. The largest absolute Gasteiger partial charge is 0.497 e. The number of aryl methyl sites for hydroxylation is 1. The molecule has 0 N–H and O–H groups in total. The van der Waals surface area contributed by atoms with Gasteiger partial charge in [-0.05, 0) is 108 Å². The molecule has 0 amide bonds. The van der Waals surface area contributed by atoms with Gasteiger partial charge in [0.1, 0.15) is 11.6 Å². The van der Waals surface area contributed by atoms with Gasteiger partial charge in [0.25, 0.3) is 5.56 Å². The molecular formula is C39H27N3O2. The lowest BCUT2D eigenvalue weighted by Crippen LogP contribution is -2.23. The van der Waals surface area contributed by atoms with Gasteiger partial charge in [-0.1, -0.05) is 54.3 Å². The van der Waals surface area contributed by atoms with Gasteiger partial charge in [0, 0.05) is 22.7 Å². The van der Waals surface area contributed by atoms with Crippen molar-refractivity contribution in [2.24, 2.45) is 0 Å². The van der Waals surface area contributed by atoms with Crippen molar-refractivity contribution < 1.29 is 4.74 Å². The van der Waals surface area contributed by atoms with Crippen molar-refractivity contribution in [1.29, 1.82) is 0 Å². The van der Waals surface area contributed by atoms with Crippen LogP contribution in [0.1, 0.15) is 28.1 Å². The van der Waals surface area contributed by atoms with Gasteiger partial charge in [0.2, 0.25) is 0 Å². The molecule has 7 aromatic rings. The van der Waals surface area contributed by atoms with Gasteiger partial charge in [-0.2, -0.15) is 0 Å². The first-order valence-electron chi connectivity index (χ1n) is 14.3. The number of ether oxygens (including phenoxy) is 1. The van der Waals surface area contributed by atoms with Crippen molar-refractivity contribution >= 4 is 44.7 Å². The summed E-state index contributed by atoms with van der Waals surface area (Å²) in [6.45, 7) is 2.00. The zero-order chi connectivity index (χ0) is 30.0. The van der Waals surface area contributed by atoms with Gasteiger partial charge >= 0.3 is 0 Å². The maximum Gasteiger partial charge on any atom is 0.266 e. The van der Waals surface area contributed by atoms with Gasteiger partial charge in [0.15, 0.2) is 0 Å². The van der Waals surface area contributed by atoms with Crippen LogP contribution in [0, 0.1) is 18.8 Å². The number of nitrogens with zero attached hydrogens (tertiary/aromatic N) is 3. The number of aromatic nitrogens is 3. The molecule has 2 aromatic heterocycles. The molecule has 0 aliphatic rings.